The van der Waals surface area contributed by atoms with Gasteiger partial charge in [0.1, 0.15) is 0 Å². The summed E-state index contributed by atoms with van der Waals surface area (Å²) in [5.41, 5.74) is 0.249. The first-order chi connectivity index (χ1) is 9.49. The smallest absolute Gasteiger partial charge is 0.311 e. The molecule has 20 heavy (non-hydrogen) atoms. The van der Waals surface area contributed by atoms with Crippen molar-refractivity contribution in [2.75, 3.05) is 6.54 Å². The van der Waals surface area contributed by atoms with Gasteiger partial charge in [0.2, 0.25) is 0 Å². The summed E-state index contributed by atoms with van der Waals surface area (Å²) in [5.74, 6) is 1.60. The lowest BCUT2D eigenvalue weighted by molar-refractivity contribution is 0.281. The molecule has 0 radical (unpaired) electrons. The average molecular weight is 279 g/mol. The van der Waals surface area contributed by atoms with Crippen LogP contribution in [0.3, 0.4) is 0 Å². The summed E-state index contributed by atoms with van der Waals surface area (Å²) in [6.07, 6.45) is 5.20. The second-order valence-corrected chi connectivity index (χ2v) is 6.13. The SMILES string of the molecule is CC1CCC(CNCc2cc(=O)n(C)c(=O)n2C)CC1. The van der Waals surface area contributed by atoms with E-state index < -0.39 is 0 Å². The van der Waals surface area contributed by atoms with Crippen LogP contribution in [0, 0.1) is 11.8 Å². The van der Waals surface area contributed by atoms with Crippen molar-refractivity contribution in [3.63, 3.8) is 0 Å². The van der Waals surface area contributed by atoms with Gasteiger partial charge in [-0.15, -0.1) is 0 Å². The maximum Gasteiger partial charge on any atom is 0.330 e. The van der Waals surface area contributed by atoms with Crippen LogP contribution in [0.15, 0.2) is 15.7 Å². The molecule has 1 aromatic rings. The number of nitrogens with one attached hydrogen (secondary N) is 1. The Hall–Kier alpha value is -1.36. The predicted molar refractivity (Wildman–Crippen MR) is 79.8 cm³/mol. The van der Waals surface area contributed by atoms with E-state index in [-0.39, 0.29) is 11.2 Å². The zero-order valence-electron chi connectivity index (χ0n) is 12.7. The van der Waals surface area contributed by atoms with Gasteiger partial charge in [-0.2, -0.15) is 0 Å². The molecule has 5 nitrogen and oxygen atoms in total. The van der Waals surface area contributed by atoms with Crippen LogP contribution < -0.4 is 16.6 Å². The molecule has 1 saturated carbocycles. The largest absolute Gasteiger partial charge is 0.330 e. The number of nitrogens with zero attached hydrogens (tertiary/aromatic N) is 2. The molecule has 1 aliphatic carbocycles. The van der Waals surface area contributed by atoms with Crippen molar-refractivity contribution in [1.82, 2.24) is 14.5 Å². The van der Waals surface area contributed by atoms with Crippen molar-refractivity contribution in [2.45, 2.75) is 39.2 Å². The number of hydrogen-bond acceptors (Lipinski definition) is 3. The van der Waals surface area contributed by atoms with E-state index in [0.717, 1.165) is 28.6 Å². The number of hydrogen-bond donors (Lipinski definition) is 1. The highest BCUT2D eigenvalue weighted by molar-refractivity contribution is 5.01. The zero-order valence-corrected chi connectivity index (χ0v) is 12.7. The second kappa shape index (κ2) is 6.39. The van der Waals surface area contributed by atoms with Crippen molar-refractivity contribution in [3.8, 4) is 0 Å². The third-order valence-corrected chi connectivity index (χ3v) is 4.50. The zero-order chi connectivity index (χ0) is 14.7. The van der Waals surface area contributed by atoms with Crippen LogP contribution in [0.25, 0.3) is 0 Å². The Balaban J connectivity index is 1.92. The van der Waals surface area contributed by atoms with E-state index in [4.69, 9.17) is 0 Å². The Morgan fingerprint density at radius 1 is 1.15 bits per heavy atom. The Morgan fingerprint density at radius 2 is 1.80 bits per heavy atom. The van der Waals surface area contributed by atoms with Crippen LogP contribution >= 0.6 is 0 Å². The van der Waals surface area contributed by atoms with Gasteiger partial charge in [-0.3, -0.25) is 13.9 Å². The second-order valence-electron chi connectivity index (χ2n) is 6.13. The molecule has 1 aromatic heterocycles. The van der Waals surface area contributed by atoms with Crippen LogP contribution in [0.4, 0.5) is 0 Å². The molecule has 1 heterocycles. The molecule has 0 aromatic carbocycles. The summed E-state index contributed by atoms with van der Waals surface area (Å²) < 4.78 is 2.67. The Kier molecular flexibility index (Phi) is 4.81. The summed E-state index contributed by atoms with van der Waals surface area (Å²) in [4.78, 5) is 23.4. The molecule has 0 aliphatic heterocycles. The Bertz CT molecular complexity index is 565. The molecule has 5 heteroatoms. The van der Waals surface area contributed by atoms with Crippen molar-refractivity contribution in [1.29, 1.82) is 0 Å². The molecule has 0 saturated heterocycles. The van der Waals surface area contributed by atoms with Crippen LogP contribution in [0.5, 0.6) is 0 Å². The lowest BCUT2D eigenvalue weighted by Gasteiger charge is -2.26. The lowest BCUT2D eigenvalue weighted by Crippen LogP contribution is -2.39. The number of aromatic nitrogens is 2. The first-order valence-electron chi connectivity index (χ1n) is 7.45. The normalized spacial score (nSPS) is 22.9. The predicted octanol–water partition coefficient (Wildman–Crippen LogP) is 1.000. The van der Waals surface area contributed by atoms with Crippen LogP contribution in [-0.2, 0) is 20.6 Å². The molecule has 0 amide bonds. The lowest BCUT2D eigenvalue weighted by atomic mass is 9.83. The quantitative estimate of drug-likeness (QED) is 0.894. The third kappa shape index (κ3) is 3.39. The van der Waals surface area contributed by atoms with Gasteiger partial charge in [-0.25, -0.2) is 4.79 Å². The minimum atomic E-state index is -0.263. The van der Waals surface area contributed by atoms with E-state index >= 15 is 0 Å². The van der Waals surface area contributed by atoms with Gasteiger partial charge >= 0.3 is 5.69 Å². The van der Waals surface area contributed by atoms with Crippen molar-refractivity contribution >= 4 is 0 Å². The van der Waals surface area contributed by atoms with E-state index in [2.05, 4.69) is 12.2 Å². The fraction of sp³-hybridized carbons (Fsp3) is 0.733. The number of rotatable bonds is 4. The molecular weight excluding hydrogens is 254 g/mol. The average Bonchev–Trinajstić information content (AvgIpc) is 2.44. The molecule has 0 spiro atoms. The van der Waals surface area contributed by atoms with Crippen molar-refractivity contribution in [3.05, 3.63) is 32.6 Å². The highest BCUT2D eigenvalue weighted by Gasteiger charge is 2.17. The van der Waals surface area contributed by atoms with Gasteiger partial charge < -0.3 is 5.32 Å². The van der Waals surface area contributed by atoms with E-state index in [1.165, 1.54) is 43.4 Å². The molecule has 1 aliphatic rings. The molecule has 1 fully saturated rings. The van der Waals surface area contributed by atoms with Gasteiger partial charge in [-0.05, 0) is 31.2 Å². The highest BCUT2D eigenvalue weighted by Crippen LogP contribution is 2.27. The summed E-state index contributed by atoms with van der Waals surface area (Å²) >= 11 is 0. The van der Waals surface area contributed by atoms with Crippen molar-refractivity contribution < 1.29 is 0 Å². The van der Waals surface area contributed by atoms with Gasteiger partial charge in [0.05, 0.1) is 0 Å². The van der Waals surface area contributed by atoms with Crippen molar-refractivity contribution in [2.24, 2.45) is 25.9 Å². The first kappa shape index (κ1) is 15.0. The summed E-state index contributed by atoms with van der Waals surface area (Å²) in [7, 11) is 3.21. The molecule has 112 valence electrons. The summed E-state index contributed by atoms with van der Waals surface area (Å²) in [6.45, 7) is 3.86. The molecule has 2 rings (SSSR count). The van der Waals surface area contributed by atoms with Crippen LogP contribution in [0.1, 0.15) is 38.3 Å². The molecule has 1 N–H and O–H groups in total. The minimum absolute atomic E-state index is 0.239. The Morgan fingerprint density at radius 3 is 2.45 bits per heavy atom. The van der Waals surface area contributed by atoms with Crippen LogP contribution in [-0.4, -0.2) is 15.7 Å². The van der Waals surface area contributed by atoms with Gasteiger partial charge in [0.25, 0.3) is 5.56 Å². The van der Waals surface area contributed by atoms with E-state index in [1.54, 1.807) is 7.05 Å². The van der Waals surface area contributed by atoms with E-state index in [9.17, 15) is 9.59 Å². The maximum atomic E-state index is 11.8. The molecule has 0 bridgehead atoms. The minimum Gasteiger partial charge on any atom is -0.311 e. The molecular formula is C15H25N3O2. The van der Waals surface area contributed by atoms with E-state index in [0.29, 0.717) is 6.54 Å². The summed E-state index contributed by atoms with van der Waals surface area (Å²) in [5, 5.41) is 3.39. The Labute approximate surface area is 119 Å². The maximum absolute atomic E-state index is 11.8. The highest BCUT2D eigenvalue weighted by atomic mass is 16.2. The monoisotopic (exact) mass is 279 g/mol. The van der Waals surface area contributed by atoms with E-state index in [1.807, 2.05) is 0 Å². The molecule has 0 unspecified atom stereocenters. The standard InChI is InChI=1S/C15H25N3O2/c1-11-4-6-12(7-5-11)9-16-10-13-8-14(19)18(3)15(20)17(13)2/h8,11-12,16H,4-7,9-10H2,1-3H3. The van der Waals surface area contributed by atoms with Gasteiger partial charge in [0, 0.05) is 32.4 Å². The molecule has 0 atom stereocenters. The third-order valence-electron chi connectivity index (χ3n) is 4.50. The fourth-order valence-electron chi connectivity index (χ4n) is 2.89. The summed E-state index contributed by atoms with van der Waals surface area (Å²) in [6, 6.07) is 1.54. The fourth-order valence-corrected chi connectivity index (χ4v) is 2.89. The topological polar surface area (TPSA) is 56.0 Å². The van der Waals surface area contributed by atoms with Crippen LogP contribution in [0.2, 0.25) is 0 Å². The van der Waals surface area contributed by atoms with Gasteiger partial charge in [-0.1, -0.05) is 19.8 Å². The first-order valence-corrected chi connectivity index (χ1v) is 7.45. The van der Waals surface area contributed by atoms with Gasteiger partial charge in [0.15, 0.2) is 0 Å².